The van der Waals surface area contributed by atoms with Crippen molar-refractivity contribution in [1.82, 2.24) is 4.90 Å². The van der Waals surface area contributed by atoms with Crippen molar-refractivity contribution in [1.29, 1.82) is 0 Å². The summed E-state index contributed by atoms with van der Waals surface area (Å²) in [6.45, 7) is 10.1. The van der Waals surface area contributed by atoms with Crippen LogP contribution in [0.15, 0.2) is 18.2 Å². The van der Waals surface area contributed by atoms with Gasteiger partial charge in [-0.15, -0.1) is 0 Å². The highest BCUT2D eigenvalue weighted by Crippen LogP contribution is 2.35. The predicted octanol–water partition coefficient (Wildman–Crippen LogP) is 3.55. The average molecular weight is 275 g/mol. The third kappa shape index (κ3) is 2.88. The monoisotopic (exact) mass is 275 g/mol. The van der Waals surface area contributed by atoms with E-state index in [1.807, 2.05) is 6.92 Å². The van der Waals surface area contributed by atoms with Gasteiger partial charge in [-0.05, 0) is 64.8 Å². The summed E-state index contributed by atoms with van der Waals surface area (Å²) >= 11 is 0. The molecule has 0 aliphatic carbocycles. The number of aliphatic carboxylic acids is 1. The Morgan fingerprint density at radius 1 is 1.30 bits per heavy atom. The molecule has 1 aromatic rings. The first-order valence-corrected chi connectivity index (χ1v) is 7.38. The van der Waals surface area contributed by atoms with E-state index in [0.29, 0.717) is 6.04 Å². The third-order valence-corrected chi connectivity index (χ3v) is 4.85. The van der Waals surface area contributed by atoms with Crippen molar-refractivity contribution >= 4 is 5.97 Å². The maximum absolute atomic E-state index is 11.3. The summed E-state index contributed by atoms with van der Waals surface area (Å²) in [6, 6.07) is 6.93. The molecule has 1 atom stereocenters. The van der Waals surface area contributed by atoms with Crippen molar-refractivity contribution in [2.75, 3.05) is 13.1 Å². The number of carboxylic acids is 1. The number of carbonyl (C=O) groups is 1. The van der Waals surface area contributed by atoms with Gasteiger partial charge in [0.1, 0.15) is 0 Å². The molecule has 3 nitrogen and oxygen atoms in total. The second-order valence-electron chi connectivity index (χ2n) is 6.44. The van der Waals surface area contributed by atoms with Crippen LogP contribution in [0, 0.1) is 19.3 Å². The van der Waals surface area contributed by atoms with Crippen molar-refractivity contribution in [3.63, 3.8) is 0 Å². The zero-order valence-corrected chi connectivity index (χ0v) is 12.9. The number of hydrogen-bond donors (Lipinski definition) is 1. The Morgan fingerprint density at radius 2 is 1.90 bits per heavy atom. The van der Waals surface area contributed by atoms with Crippen LogP contribution in [0.4, 0.5) is 0 Å². The topological polar surface area (TPSA) is 40.5 Å². The molecule has 0 saturated carbocycles. The SMILES string of the molecule is Cc1ccc(C)c(C(C)N2CCC(C)(C(=O)O)CC2)c1. The molecule has 1 aromatic carbocycles. The Balaban J connectivity index is 2.10. The van der Waals surface area contributed by atoms with Crippen LogP contribution in [0.1, 0.15) is 49.4 Å². The van der Waals surface area contributed by atoms with Gasteiger partial charge in [0.2, 0.25) is 0 Å². The Kier molecular flexibility index (Phi) is 4.19. The lowest BCUT2D eigenvalue weighted by molar-refractivity contribution is -0.151. The van der Waals surface area contributed by atoms with Gasteiger partial charge in [0.25, 0.3) is 0 Å². The molecule has 20 heavy (non-hydrogen) atoms. The van der Waals surface area contributed by atoms with Crippen LogP contribution in [-0.4, -0.2) is 29.1 Å². The van der Waals surface area contributed by atoms with E-state index in [0.717, 1.165) is 25.9 Å². The van der Waals surface area contributed by atoms with E-state index in [-0.39, 0.29) is 0 Å². The van der Waals surface area contributed by atoms with Crippen LogP contribution in [0.25, 0.3) is 0 Å². The lowest BCUT2D eigenvalue weighted by Gasteiger charge is -2.40. The number of rotatable bonds is 3. The lowest BCUT2D eigenvalue weighted by Crippen LogP contribution is -2.43. The second-order valence-corrected chi connectivity index (χ2v) is 6.44. The molecule has 1 unspecified atom stereocenters. The molecule has 1 fully saturated rings. The van der Waals surface area contributed by atoms with Gasteiger partial charge >= 0.3 is 5.97 Å². The van der Waals surface area contributed by atoms with E-state index in [4.69, 9.17) is 0 Å². The van der Waals surface area contributed by atoms with Crippen LogP contribution < -0.4 is 0 Å². The molecule has 1 aliphatic rings. The van der Waals surface area contributed by atoms with Crippen LogP contribution in [0.3, 0.4) is 0 Å². The molecule has 2 rings (SSSR count). The van der Waals surface area contributed by atoms with E-state index in [1.54, 1.807) is 0 Å². The molecule has 1 heterocycles. The standard InChI is InChI=1S/C17H25NO2/c1-12-5-6-13(2)15(11-12)14(3)18-9-7-17(4,8-10-18)16(19)20/h5-6,11,14H,7-10H2,1-4H3,(H,19,20). The Bertz CT molecular complexity index is 502. The number of likely N-dealkylation sites (tertiary alicyclic amines) is 1. The molecular weight excluding hydrogens is 250 g/mol. The molecule has 0 aromatic heterocycles. The van der Waals surface area contributed by atoms with Gasteiger partial charge in [0, 0.05) is 6.04 Å². The number of nitrogens with zero attached hydrogens (tertiary/aromatic N) is 1. The van der Waals surface area contributed by atoms with Gasteiger partial charge in [-0.25, -0.2) is 0 Å². The van der Waals surface area contributed by atoms with Crippen LogP contribution in [0.5, 0.6) is 0 Å². The van der Waals surface area contributed by atoms with Gasteiger partial charge < -0.3 is 5.11 Å². The van der Waals surface area contributed by atoms with Crippen molar-refractivity contribution in [2.24, 2.45) is 5.41 Å². The number of benzene rings is 1. The molecule has 0 amide bonds. The van der Waals surface area contributed by atoms with Gasteiger partial charge in [-0.3, -0.25) is 9.69 Å². The van der Waals surface area contributed by atoms with Crippen molar-refractivity contribution < 1.29 is 9.90 Å². The number of carboxylic acid groups (broad SMARTS) is 1. The lowest BCUT2D eigenvalue weighted by atomic mass is 9.80. The number of hydrogen-bond acceptors (Lipinski definition) is 2. The molecule has 1 aliphatic heterocycles. The summed E-state index contributed by atoms with van der Waals surface area (Å²) in [5.74, 6) is -0.656. The Hall–Kier alpha value is -1.35. The van der Waals surface area contributed by atoms with Gasteiger partial charge in [0.05, 0.1) is 5.41 Å². The Morgan fingerprint density at radius 3 is 2.45 bits per heavy atom. The molecule has 3 heteroatoms. The van der Waals surface area contributed by atoms with Crippen LogP contribution in [0.2, 0.25) is 0 Å². The minimum Gasteiger partial charge on any atom is -0.481 e. The fourth-order valence-corrected chi connectivity index (χ4v) is 3.03. The largest absolute Gasteiger partial charge is 0.481 e. The smallest absolute Gasteiger partial charge is 0.309 e. The summed E-state index contributed by atoms with van der Waals surface area (Å²) < 4.78 is 0. The normalized spacial score (nSPS) is 20.6. The highest BCUT2D eigenvalue weighted by molar-refractivity contribution is 5.74. The van der Waals surface area contributed by atoms with Crippen molar-refractivity contribution in [3.8, 4) is 0 Å². The first-order chi connectivity index (χ1) is 9.33. The zero-order valence-electron chi connectivity index (χ0n) is 12.9. The van der Waals surface area contributed by atoms with Crippen molar-refractivity contribution in [3.05, 3.63) is 34.9 Å². The third-order valence-electron chi connectivity index (χ3n) is 4.85. The molecule has 1 saturated heterocycles. The fourth-order valence-electron chi connectivity index (χ4n) is 3.03. The molecular formula is C17H25NO2. The van der Waals surface area contributed by atoms with Crippen molar-refractivity contribution in [2.45, 2.75) is 46.6 Å². The minimum atomic E-state index is -0.656. The molecule has 0 spiro atoms. The second kappa shape index (κ2) is 5.57. The number of piperidine rings is 1. The average Bonchev–Trinajstić information content (AvgIpc) is 2.41. The highest BCUT2D eigenvalue weighted by Gasteiger charge is 2.38. The number of aryl methyl sites for hydroxylation is 2. The van der Waals surface area contributed by atoms with E-state index >= 15 is 0 Å². The molecule has 0 bridgehead atoms. The summed E-state index contributed by atoms with van der Waals surface area (Å²) in [7, 11) is 0. The van der Waals surface area contributed by atoms with E-state index in [1.165, 1.54) is 16.7 Å². The first kappa shape index (κ1) is 15.0. The first-order valence-electron chi connectivity index (χ1n) is 7.38. The summed E-state index contributed by atoms with van der Waals surface area (Å²) in [4.78, 5) is 13.7. The quantitative estimate of drug-likeness (QED) is 0.917. The maximum atomic E-state index is 11.3. The predicted molar refractivity (Wildman–Crippen MR) is 80.9 cm³/mol. The van der Waals surface area contributed by atoms with E-state index in [9.17, 15) is 9.90 Å². The summed E-state index contributed by atoms with van der Waals surface area (Å²) in [5.41, 5.74) is 3.42. The maximum Gasteiger partial charge on any atom is 0.309 e. The molecule has 1 N–H and O–H groups in total. The molecule has 0 radical (unpaired) electrons. The summed E-state index contributed by atoms with van der Waals surface area (Å²) in [5, 5.41) is 9.30. The van der Waals surface area contributed by atoms with Gasteiger partial charge in [-0.1, -0.05) is 23.8 Å². The fraction of sp³-hybridized carbons (Fsp3) is 0.588. The van der Waals surface area contributed by atoms with Crippen LogP contribution in [-0.2, 0) is 4.79 Å². The van der Waals surface area contributed by atoms with Gasteiger partial charge in [0.15, 0.2) is 0 Å². The highest BCUT2D eigenvalue weighted by atomic mass is 16.4. The zero-order chi connectivity index (χ0) is 14.9. The van der Waals surface area contributed by atoms with E-state index < -0.39 is 11.4 Å². The summed E-state index contributed by atoms with van der Waals surface area (Å²) in [6.07, 6.45) is 1.47. The van der Waals surface area contributed by atoms with Crippen LogP contribution >= 0.6 is 0 Å². The molecule has 110 valence electrons. The van der Waals surface area contributed by atoms with Gasteiger partial charge in [-0.2, -0.15) is 0 Å². The minimum absolute atomic E-state index is 0.355. The Labute approximate surface area is 121 Å². The van der Waals surface area contributed by atoms with E-state index in [2.05, 4.69) is 43.9 Å².